The van der Waals surface area contributed by atoms with Crippen LogP contribution in [0.3, 0.4) is 0 Å². The summed E-state index contributed by atoms with van der Waals surface area (Å²) in [6, 6.07) is 8.54. The molecule has 0 aliphatic carbocycles. The van der Waals surface area contributed by atoms with Crippen LogP contribution in [-0.2, 0) is 16.0 Å². The molecule has 2 N–H and O–H groups in total. The quantitative estimate of drug-likeness (QED) is 0.876. The zero-order valence-electron chi connectivity index (χ0n) is 11.7. The van der Waals surface area contributed by atoms with E-state index in [0.29, 0.717) is 13.0 Å². The Morgan fingerprint density at radius 2 is 2.30 bits per heavy atom. The average molecular weight is 274 g/mol. The summed E-state index contributed by atoms with van der Waals surface area (Å²) in [6.07, 6.45) is 3.93. The largest absolute Gasteiger partial charge is 0.376 e. The predicted molar refractivity (Wildman–Crippen MR) is 77.5 cm³/mol. The molecule has 3 rings (SSSR count). The molecule has 1 aromatic rings. The van der Waals surface area contributed by atoms with Gasteiger partial charge >= 0.3 is 0 Å². The van der Waals surface area contributed by atoms with Crippen molar-refractivity contribution in [2.45, 2.75) is 37.8 Å². The maximum Gasteiger partial charge on any atom is 0.222 e. The molecule has 20 heavy (non-hydrogen) atoms. The molecular weight excluding hydrogens is 252 g/mol. The Hall–Kier alpha value is -1.39. The summed E-state index contributed by atoms with van der Waals surface area (Å²) in [5.41, 5.74) is 2.63. The number of benzene rings is 1. The number of carbonyl (C=O) groups is 1. The van der Waals surface area contributed by atoms with E-state index in [4.69, 9.17) is 4.74 Å². The molecule has 0 aromatic heterocycles. The van der Waals surface area contributed by atoms with Gasteiger partial charge in [0.2, 0.25) is 5.91 Å². The summed E-state index contributed by atoms with van der Waals surface area (Å²) in [5, 5.41) is 6.44. The average Bonchev–Trinajstić information content (AvgIpc) is 2.99. The molecule has 1 saturated heterocycles. The lowest BCUT2D eigenvalue weighted by atomic mass is 9.92. The highest BCUT2D eigenvalue weighted by molar-refractivity contribution is 5.77. The van der Waals surface area contributed by atoms with E-state index in [1.165, 1.54) is 11.1 Å². The third-order valence-electron chi connectivity index (χ3n) is 4.16. The Bertz CT molecular complexity index is 469. The molecule has 1 aromatic carbocycles. The monoisotopic (exact) mass is 274 g/mol. The number of hydrogen-bond acceptors (Lipinski definition) is 3. The Kier molecular flexibility index (Phi) is 4.33. The van der Waals surface area contributed by atoms with E-state index in [1.54, 1.807) is 0 Å². The van der Waals surface area contributed by atoms with E-state index in [2.05, 4.69) is 28.8 Å². The molecule has 1 amide bonds. The lowest BCUT2D eigenvalue weighted by molar-refractivity contribution is -0.122. The van der Waals surface area contributed by atoms with Gasteiger partial charge in [-0.1, -0.05) is 24.3 Å². The van der Waals surface area contributed by atoms with Gasteiger partial charge in [0, 0.05) is 25.6 Å². The normalized spacial score (nSPS) is 25.2. The number of carbonyl (C=O) groups excluding carboxylic acids is 1. The Labute approximate surface area is 119 Å². The van der Waals surface area contributed by atoms with Crippen LogP contribution in [0.25, 0.3) is 0 Å². The first kappa shape index (κ1) is 13.6. The maximum absolute atomic E-state index is 12.1. The highest BCUT2D eigenvalue weighted by atomic mass is 16.5. The van der Waals surface area contributed by atoms with Gasteiger partial charge in [-0.25, -0.2) is 0 Å². The van der Waals surface area contributed by atoms with Crippen LogP contribution in [0.1, 0.15) is 36.4 Å². The second-order valence-electron chi connectivity index (χ2n) is 5.60. The summed E-state index contributed by atoms with van der Waals surface area (Å²) >= 11 is 0. The van der Waals surface area contributed by atoms with Crippen molar-refractivity contribution in [1.82, 2.24) is 10.6 Å². The minimum Gasteiger partial charge on any atom is -0.376 e. The lowest BCUT2D eigenvalue weighted by Gasteiger charge is -2.26. The standard InChI is InChI=1S/C16H22N2O2/c19-16(18-11-13-5-3-9-20-13)10-15-14-6-2-1-4-12(14)7-8-17-15/h1-2,4,6,13,15,17H,3,5,7-11H2,(H,18,19). The highest BCUT2D eigenvalue weighted by Gasteiger charge is 2.22. The van der Waals surface area contributed by atoms with Gasteiger partial charge in [-0.2, -0.15) is 0 Å². The van der Waals surface area contributed by atoms with Crippen LogP contribution in [-0.4, -0.2) is 31.7 Å². The van der Waals surface area contributed by atoms with Crippen LogP contribution >= 0.6 is 0 Å². The molecule has 4 nitrogen and oxygen atoms in total. The fourth-order valence-electron chi connectivity index (χ4n) is 3.07. The molecular formula is C16H22N2O2. The molecule has 2 aliphatic heterocycles. The summed E-state index contributed by atoms with van der Waals surface area (Å²) < 4.78 is 5.52. The van der Waals surface area contributed by atoms with Crippen molar-refractivity contribution in [1.29, 1.82) is 0 Å². The summed E-state index contributed by atoms with van der Waals surface area (Å²) in [7, 11) is 0. The van der Waals surface area contributed by atoms with Crippen LogP contribution in [0.5, 0.6) is 0 Å². The Morgan fingerprint density at radius 1 is 1.40 bits per heavy atom. The van der Waals surface area contributed by atoms with Crippen molar-refractivity contribution in [2.24, 2.45) is 0 Å². The molecule has 2 atom stereocenters. The van der Waals surface area contributed by atoms with E-state index in [1.807, 2.05) is 6.07 Å². The van der Waals surface area contributed by atoms with E-state index in [-0.39, 0.29) is 18.1 Å². The van der Waals surface area contributed by atoms with Crippen LogP contribution < -0.4 is 10.6 Å². The molecule has 2 heterocycles. The third-order valence-corrected chi connectivity index (χ3v) is 4.16. The second kappa shape index (κ2) is 6.37. The summed E-state index contributed by atoms with van der Waals surface area (Å²) in [4.78, 5) is 12.1. The van der Waals surface area contributed by atoms with Gasteiger partial charge in [0.15, 0.2) is 0 Å². The topological polar surface area (TPSA) is 50.4 Å². The van der Waals surface area contributed by atoms with E-state index in [9.17, 15) is 4.79 Å². The fraction of sp³-hybridized carbons (Fsp3) is 0.562. The minimum absolute atomic E-state index is 0.106. The molecule has 2 unspecified atom stereocenters. The number of amides is 1. The van der Waals surface area contributed by atoms with Gasteiger partial charge in [0.25, 0.3) is 0 Å². The highest BCUT2D eigenvalue weighted by Crippen LogP contribution is 2.25. The molecule has 1 fully saturated rings. The van der Waals surface area contributed by atoms with Crippen molar-refractivity contribution < 1.29 is 9.53 Å². The van der Waals surface area contributed by atoms with Crippen LogP contribution in [0.15, 0.2) is 24.3 Å². The molecule has 0 spiro atoms. The number of ether oxygens (including phenoxy) is 1. The van der Waals surface area contributed by atoms with Crippen molar-refractivity contribution in [2.75, 3.05) is 19.7 Å². The molecule has 0 saturated carbocycles. The van der Waals surface area contributed by atoms with Gasteiger partial charge < -0.3 is 15.4 Å². The van der Waals surface area contributed by atoms with Crippen LogP contribution in [0.4, 0.5) is 0 Å². The Morgan fingerprint density at radius 3 is 3.15 bits per heavy atom. The Balaban J connectivity index is 1.54. The molecule has 0 radical (unpaired) electrons. The maximum atomic E-state index is 12.1. The summed E-state index contributed by atoms with van der Waals surface area (Å²) in [5.74, 6) is 0.106. The van der Waals surface area contributed by atoms with Gasteiger partial charge in [-0.3, -0.25) is 4.79 Å². The first-order valence-corrected chi connectivity index (χ1v) is 7.52. The van der Waals surface area contributed by atoms with Crippen molar-refractivity contribution >= 4 is 5.91 Å². The molecule has 0 bridgehead atoms. The summed E-state index contributed by atoms with van der Waals surface area (Å²) in [6.45, 7) is 2.42. The molecule has 108 valence electrons. The van der Waals surface area contributed by atoms with Gasteiger partial charge in [0.1, 0.15) is 0 Å². The van der Waals surface area contributed by atoms with Crippen LogP contribution in [0.2, 0.25) is 0 Å². The zero-order valence-corrected chi connectivity index (χ0v) is 11.7. The molecule has 4 heteroatoms. The van der Waals surface area contributed by atoms with Crippen molar-refractivity contribution in [3.8, 4) is 0 Å². The van der Waals surface area contributed by atoms with E-state index >= 15 is 0 Å². The smallest absolute Gasteiger partial charge is 0.222 e. The second-order valence-corrected chi connectivity index (χ2v) is 5.60. The van der Waals surface area contributed by atoms with Crippen molar-refractivity contribution in [3.63, 3.8) is 0 Å². The van der Waals surface area contributed by atoms with Crippen LogP contribution in [0, 0.1) is 0 Å². The third kappa shape index (κ3) is 3.19. The minimum atomic E-state index is 0.106. The first-order chi connectivity index (χ1) is 9.83. The first-order valence-electron chi connectivity index (χ1n) is 7.52. The number of nitrogens with one attached hydrogen (secondary N) is 2. The number of hydrogen-bond donors (Lipinski definition) is 2. The van der Waals surface area contributed by atoms with Gasteiger partial charge in [0.05, 0.1) is 6.10 Å². The van der Waals surface area contributed by atoms with E-state index in [0.717, 1.165) is 32.4 Å². The van der Waals surface area contributed by atoms with Gasteiger partial charge in [-0.05, 0) is 36.9 Å². The van der Waals surface area contributed by atoms with Gasteiger partial charge in [-0.15, -0.1) is 0 Å². The predicted octanol–water partition coefficient (Wildman–Crippen LogP) is 1.56. The molecule has 2 aliphatic rings. The van der Waals surface area contributed by atoms with Crippen molar-refractivity contribution in [3.05, 3.63) is 35.4 Å². The SMILES string of the molecule is O=C(CC1NCCc2ccccc21)NCC1CCCO1. The zero-order chi connectivity index (χ0) is 13.8. The fourth-order valence-corrected chi connectivity index (χ4v) is 3.07. The number of rotatable bonds is 4. The van der Waals surface area contributed by atoms with E-state index < -0.39 is 0 Å². The number of fused-ring (bicyclic) bond motifs is 1. The lowest BCUT2D eigenvalue weighted by Crippen LogP contribution is -2.37.